The molecule has 5 aliphatic rings. The lowest BCUT2D eigenvalue weighted by Crippen LogP contribution is -2.38. The predicted molar refractivity (Wildman–Crippen MR) is 582 cm³/mol. The molecular weight excluding hydrogens is 1890 g/mol. The van der Waals surface area contributed by atoms with Gasteiger partial charge in [-0.3, -0.25) is 14.0 Å². The maximum atomic E-state index is 13.6. The van der Waals surface area contributed by atoms with Crippen LogP contribution in [0.1, 0.15) is 266 Å². The van der Waals surface area contributed by atoms with Crippen molar-refractivity contribution in [1.82, 2.24) is 54.1 Å². The Bertz CT molecular complexity index is 6840. The molecule has 8 heterocycles. The van der Waals surface area contributed by atoms with Gasteiger partial charge in [-0.25, -0.2) is 29.3 Å². The van der Waals surface area contributed by atoms with Crippen LogP contribution in [0.4, 0.5) is 0 Å². The van der Waals surface area contributed by atoms with E-state index in [-0.39, 0.29) is 19.8 Å². The summed E-state index contributed by atoms with van der Waals surface area (Å²) in [7, 11) is 6.14. The molecule has 5 fully saturated rings. The van der Waals surface area contributed by atoms with Crippen molar-refractivity contribution in [3.8, 4) is 65.1 Å². The van der Waals surface area contributed by atoms with Gasteiger partial charge in [0.2, 0.25) is 0 Å². The summed E-state index contributed by atoms with van der Waals surface area (Å²) in [5.41, 5.74) is 21.9. The number of esters is 3. The monoisotopic (exact) mass is 2030 g/mol. The van der Waals surface area contributed by atoms with Gasteiger partial charge in [-0.05, 0) is 349 Å². The molecule has 3 aliphatic carbocycles. The van der Waals surface area contributed by atoms with Crippen molar-refractivity contribution < 1.29 is 42.8 Å². The number of likely N-dealkylation sites (tertiary alicyclic amines) is 2. The number of piperidine rings is 2. The number of nitrogens with zero attached hydrogens (tertiary/aromatic N) is 11. The topological polar surface area (TPSA) is 205 Å². The van der Waals surface area contributed by atoms with Crippen LogP contribution in [-0.4, -0.2) is 148 Å². The maximum absolute atomic E-state index is 13.6. The molecule has 9 aromatic carbocycles. The van der Waals surface area contributed by atoms with Crippen LogP contribution in [0, 0.1) is 32.6 Å². The number of ether oxygens (including phenoxy) is 6. The Hall–Kier alpha value is -9.86. The van der Waals surface area contributed by atoms with Crippen LogP contribution in [0.15, 0.2) is 146 Å². The highest BCUT2D eigenvalue weighted by Crippen LogP contribution is 2.52. The van der Waals surface area contributed by atoms with E-state index in [0.717, 1.165) is 209 Å². The van der Waals surface area contributed by atoms with E-state index in [1.165, 1.54) is 117 Å². The molecule has 746 valence electrons. The van der Waals surface area contributed by atoms with Gasteiger partial charge in [0.15, 0.2) is 18.3 Å². The molecule has 2 aliphatic heterocycles. The number of carbonyl (C=O) groups excluding carboxylic acids is 3. The number of aromatic nitrogens is 9. The van der Waals surface area contributed by atoms with Crippen LogP contribution in [0.25, 0.3) is 128 Å². The first-order chi connectivity index (χ1) is 68.0. The van der Waals surface area contributed by atoms with Crippen molar-refractivity contribution in [3.05, 3.63) is 211 Å². The summed E-state index contributed by atoms with van der Waals surface area (Å²) >= 11 is 23.9. The molecule has 26 heteroatoms. The molecule has 0 bridgehead atoms. The molecule has 2 saturated heterocycles. The molecule has 0 unspecified atom stereocenters. The van der Waals surface area contributed by atoms with Crippen LogP contribution in [-0.2, 0) is 63.9 Å². The van der Waals surface area contributed by atoms with E-state index in [2.05, 4.69) is 96.7 Å². The molecule has 142 heavy (non-hydrogen) atoms. The molecule has 6 aromatic heterocycles. The highest BCUT2D eigenvalue weighted by atomic mass is 35.5. The number of fused-ring (bicyclic) bond motifs is 6. The van der Waals surface area contributed by atoms with Gasteiger partial charge in [0.05, 0.1) is 101 Å². The van der Waals surface area contributed by atoms with Gasteiger partial charge < -0.3 is 38.2 Å². The normalized spacial score (nSPS) is 16.5. The van der Waals surface area contributed by atoms with Crippen molar-refractivity contribution in [2.45, 2.75) is 253 Å². The van der Waals surface area contributed by atoms with Crippen molar-refractivity contribution in [2.24, 2.45) is 33.0 Å². The molecule has 15 aromatic rings. The first kappa shape index (κ1) is 102. The minimum atomic E-state index is -0.907. The van der Waals surface area contributed by atoms with Gasteiger partial charge in [-0.1, -0.05) is 103 Å². The fourth-order valence-corrected chi connectivity index (χ4v) is 25.3. The summed E-state index contributed by atoms with van der Waals surface area (Å²) in [4.78, 5) is 61.5. The quantitative estimate of drug-likeness (QED) is 0.0385. The van der Waals surface area contributed by atoms with E-state index >= 15 is 0 Å². The molecule has 20 nitrogen and oxygen atoms in total. The Balaban J connectivity index is 0.000000141. The van der Waals surface area contributed by atoms with Gasteiger partial charge in [-0.15, -0.1) is 34.0 Å². The minimum absolute atomic E-state index is 0.267. The van der Waals surface area contributed by atoms with E-state index < -0.39 is 53.0 Å². The highest BCUT2D eigenvalue weighted by molar-refractivity contribution is 7.23. The zero-order valence-corrected chi connectivity index (χ0v) is 90.1. The van der Waals surface area contributed by atoms with Gasteiger partial charge in [0.25, 0.3) is 0 Å². The third-order valence-corrected chi connectivity index (χ3v) is 32.9. The molecule has 0 spiro atoms. The van der Waals surface area contributed by atoms with Crippen molar-refractivity contribution in [3.63, 3.8) is 0 Å². The Morgan fingerprint density at radius 3 is 0.880 bits per heavy atom. The van der Waals surface area contributed by atoms with E-state index in [0.29, 0.717) is 32.8 Å². The summed E-state index contributed by atoms with van der Waals surface area (Å²) < 4.78 is 45.2. The Morgan fingerprint density at radius 2 is 0.627 bits per heavy atom. The predicted octanol–water partition coefficient (Wildman–Crippen LogP) is 29.7. The first-order valence-corrected chi connectivity index (χ1v) is 54.6. The van der Waals surface area contributed by atoms with Crippen LogP contribution in [0.5, 0.6) is 0 Å². The zero-order chi connectivity index (χ0) is 100. The Kier molecular flexibility index (Phi) is 31.0. The van der Waals surface area contributed by atoms with Gasteiger partial charge >= 0.3 is 17.9 Å². The smallest absolute Gasteiger partial charge is 0.339 e. The van der Waals surface area contributed by atoms with E-state index in [1.807, 2.05) is 198 Å². The SMILES string of the molecule is CCOC(=O)[C@@H](OC(C)(C)C)c1c(C)cc2nc(-c3ccc4c(c3)c(C3CCCCC3)nn4C)sc2c1-c1ccc(Cl)cc1.CCOC(=O)[C@@H](OC(C)(C)C)c1c(C)cc2nc(-c3ccc4c(c3)c(C3CCN(CC5CCC5)CC3)nn4C)sc2c1-c1ccc(Cl)cc1.CCOC(=O)[C@@H](OC(C)(C)C)c1c(C)cc2nc(-c3ccc4c(c3)c(C3CCN(CC5CCC5)CC3)nn4C)sc2c1-c1ccc(Cl)cc1. The molecule has 20 rings (SSSR count). The second-order valence-corrected chi connectivity index (χ2v) is 46.8. The number of rotatable bonds is 25. The lowest BCUT2D eigenvalue weighted by Gasteiger charge is -2.36. The average Bonchev–Trinajstić information content (AvgIpc) is 1.56. The van der Waals surface area contributed by atoms with Crippen LogP contribution < -0.4 is 0 Å². The molecule has 0 N–H and O–H groups in total. The summed E-state index contributed by atoms with van der Waals surface area (Å²) in [5, 5.41) is 23.5. The number of benzene rings is 9. The summed E-state index contributed by atoms with van der Waals surface area (Å²) in [6.45, 7) is 37.1. The van der Waals surface area contributed by atoms with Gasteiger partial charge in [0, 0.05) is 133 Å². The van der Waals surface area contributed by atoms with Gasteiger partial charge in [-0.2, -0.15) is 15.3 Å². The van der Waals surface area contributed by atoms with E-state index in [9.17, 15) is 14.4 Å². The van der Waals surface area contributed by atoms with Crippen LogP contribution in [0.2, 0.25) is 15.1 Å². The molecule has 0 radical (unpaired) electrons. The molecular formula is C116H134Cl3N11O9S3. The van der Waals surface area contributed by atoms with Gasteiger partial charge in [0.1, 0.15) is 15.0 Å². The number of thiazole rings is 3. The lowest BCUT2D eigenvalue weighted by molar-refractivity contribution is -0.167. The van der Waals surface area contributed by atoms with Crippen molar-refractivity contribution in [2.75, 3.05) is 59.1 Å². The summed E-state index contributed by atoms with van der Waals surface area (Å²) in [5.74, 6) is 2.03. The largest absolute Gasteiger partial charge is 0.464 e. The van der Waals surface area contributed by atoms with Crippen molar-refractivity contribution in [1.29, 1.82) is 0 Å². The second-order valence-electron chi connectivity index (χ2n) is 42.5. The van der Waals surface area contributed by atoms with Crippen LogP contribution in [0.3, 0.4) is 0 Å². The number of aryl methyl sites for hydroxylation is 6. The zero-order valence-electron chi connectivity index (χ0n) is 85.4. The second kappa shape index (κ2) is 43.0. The lowest BCUT2D eigenvalue weighted by atomic mass is 9.84. The minimum Gasteiger partial charge on any atom is -0.464 e. The number of hydrogen-bond acceptors (Lipinski definition) is 20. The van der Waals surface area contributed by atoms with Crippen LogP contribution >= 0.6 is 68.8 Å². The Morgan fingerprint density at radius 1 is 0.359 bits per heavy atom. The highest BCUT2D eigenvalue weighted by Gasteiger charge is 2.40. The van der Waals surface area contributed by atoms with Crippen molar-refractivity contribution >= 4 is 150 Å². The summed E-state index contributed by atoms with van der Waals surface area (Å²) in [6, 6.07) is 49.4. The number of carbonyl (C=O) groups is 3. The molecule has 3 saturated carbocycles. The third-order valence-electron chi connectivity index (χ3n) is 28.7. The standard InChI is InChI=1S/2C40H47ClN4O3S.C36H40ClN3O3S/c2*1-7-47-39(46)36(48-40(3,4)5)33-24(2)21-31-37(34(33)26-11-14-29(41)15-12-26)49-38(42-31)28-13-16-32-30(22-28)35(43-44(32)6)27-17-19-45(20-18-27)23-25-9-8-10-25;1-7-42-35(41)32(43-36(3,4)5)29-21(2)19-27-33(30(29)22-13-16-25(37)17-14-22)44-34(38-27)24-15-18-28-26(20-24)31(39-40(28)6)23-11-9-8-10-12-23/h2*11-16,21-22,25,27,36H,7-10,17-20,23H2,1-6H3;13-20,23,32H,7-12H2,1-6H3/t2*36-;32-/m000/s1. The Labute approximate surface area is 861 Å². The van der Waals surface area contributed by atoms with E-state index in [1.54, 1.807) is 34.0 Å². The molecule has 0 amide bonds. The third kappa shape index (κ3) is 22.4. The number of halogens is 3. The average molecular weight is 2030 g/mol. The number of hydrogen-bond donors (Lipinski definition) is 0. The maximum Gasteiger partial charge on any atom is 0.339 e. The summed E-state index contributed by atoms with van der Waals surface area (Å²) in [6.07, 6.45) is 16.5. The fourth-order valence-electron chi connectivity index (χ4n) is 21.5. The first-order valence-electron chi connectivity index (χ1n) is 51.0. The van der Waals surface area contributed by atoms with E-state index in [4.69, 9.17) is 93.5 Å². The molecule has 3 atom stereocenters. The fraction of sp³-hybridized carbons (Fsp3) is 0.457.